The molecule has 1 aromatic heterocycles. The minimum atomic E-state index is 0.0432. The molecule has 0 saturated carbocycles. The fourth-order valence-electron chi connectivity index (χ4n) is 1.98. The zero-order valence-corrected chi connectivity index (χ0v) is 10.8. The van der Waals surface area contributed by atoms with Gasteiger partial charge in [0.15, 0.2) is 0 Å². The van der Waals surface area contributed by atoms with E-state index in [1.54, 1.807) is 0 Å². The highest BCUT2D eigenvalue weighted by molar-refractivity contribution is 5.04. The largest absolute Gasteiger partial charge is 0.329 e. The van der Waals surface area contributed by atoms with Crippen molar-refractivity contribution in [2.24, 2.45) is 5.73 Å². The molecule has 2 atom stereocenters. The van der Waals surface area contributed by atoms with Crippen LogP contribution in [0.5, 0.6) is 0 Å². The van der Waals surface area contributed by atoms with E-state index < -0.39 is 0 Å². The smallest absolute Gasteiger partial charge is 0.0951 e. The molecule has 0 aliphatic heterocycles. The average molecular weight is 224 g/mol. The molecule has 0 saturated heterocycles. The van der Waals surface area contributed by atoms with Crippen LogP contribution in [0, 0.1) is 0 Å². The van der Waals surface area contributed by atoms with E-state index in [2.05, 4.69) is 35.2 Å². The quantitative estimate of drug-likeness (QED) is 0.801. The number of aromatic nitrogens is 2. The second-order valence-corrected chi connectivity index (χ2v) is 4.35. The summed E-state index contributed by atoms with van der Waals surface area (Å²) in [4.78, 5) is 6.60. The minimum Gasteiger partial charge on any atom is -0.329 e. The van der Waals surface area contributed by atoms with Crippen molar-refractivity contribution in [3.63, 3.8) is 0 Å². The Labute approximate surface area is 98.5 Å². The molecule has 2 unspecified atom stereocenters. The van der Waals surface area contributed by atoms with Crippen LogP contribution in [0.4, 0.5) is 0 Å². The molecule has 0 aromatic carbocycles. The van der Waals surface area contributed by atoms with E-state index in [0.29, 0.717) is 6.04 Å². The van der Waals surface area contributed by atoms with Crippen molar-refractivity contribution in [2.45, 2.75) is 39.8 Å². The van der Waals surface area contributed by atoms with Crippen molar-refractivity contribution >= 4 is 0 Å². The van der Waals surface area contributed by atoms with Gasteiger partial charge in [0.25, 0.3) is 0 Å². The number of rotatable bonds is 6. The van der Waals surface area contributed by atoms with E-state index in [4.69, 9.17) is 5.73 Å². The number of likely N-dealkylation sites (N-methyl/N-ethyl adjacent to an activating group) is 1. The van der Waals surface area contributed by atoms with Gasteiger partial charge in [0.05, 0.1) is 12.0 Å². The molecule has 1 rings (SSSR count). The van der Waals surface area contributed by atoms with Crippen LogP contribution in [0.3, 0.4) is 0 Å². The maximum absolute atomic E-state index is 5.92. The lowest BCUT2D eigenvalue weighted by Crippen LogP contribution is -2.30. The molecule has 0 aliphatic carbocycles. The van der Waals surface area contributed by atoms with Crippen LogP contribution in [0.15, 0.2) is 12.5 Å². The van der Waals surface area contributed by atoms with Crippen molar-refractivity contribution in [3.8, 4) is 0 Å². The molecule has 0 spiro atoms. The molecule has 4 heteroatoms. The highest BCUT2D eigenvalue weighted by Crippen LogP contribution is 2.16. The molecule has 0 radical (unpaired) electrons. The summed E-state index contributed by atoms with van der Waals surface area (Å²) in [6, 6.07) is 0.463. The van der Waals surface area contributed by atoms with Crippen molar-refractivity contribution in [1.82, 2.24) is 14.5 Å². The zero-order valence-electron chi connectivity index (χ0n) is 10.8. The van der Waals surface area contributed by atoms with Gasteiger partial charge in [-0.15, -0.1) is 0 Å². The van der Waals surface area contributed by atoms with Gasteiger partial charge in [-0.05, 0) is 26.9 Å². The molecule has 0 bridgehead atoms. The van der Waals surface area contributed by atoms with Gasteiger partial charge in [-0.2, -0.15) is 0 Å². The van der Waals surface area contributed by atoms with Crippen molar-refractivity contribution in [1.29, 1.82) is 0 Å². The van der Waals surface area contributed by atoms with E-state index in [1.165, 1.54) is 0 Å². The minimum absolute atomic E-state index is 0.0432. The Bertz CT molecular complexity index is 302. The Balaban J connectivity index is 2.72. The Kier molecular flexibility index (Phi) is 4.96. The summed E-state index contributed by atoms with van der Waals surface area (Å²) >= 11 is 0. The lowest BCUT2D eigenvalue weighted by Gasteiger charge is -2.25. The van der Waals surface area contributed by atoms with Crippen molar-refractivity contribution < 1.29 is 0 Å². The van der Waals surface area contributed by atoms with Gasteiger partial charge in [-0.1, -0.05) is 13.8 Å². The van der Waals surface area contributed by atoms with Crippen LogP contribution in [0.1, 0.15) is 45.5 Å². The lowest BCUT2D eigenvalue weighted by atomic mass is 10.2. The highest BCUT2D eigenvalue weighted by Gasteiger charge is 2.14. The Morgan fingerprint density at radius 1 is 1.38 bits per heavy atom. The first-order chi connectivity index (χ1) is 7.60. The van der Waals surface area contributed by atoms with E-state index in [1.807, 2.05) is 19.4 Å². The number of nitrogens with zero attached hydrogens (tertiary/aromatic N) is 3. The zero-order chi connectivity index (χ0) is 12.1. The fourth-order valence-corrected chi connectivity index (χ4v) is 1.98. The predicted molar refractivity (Wildman–Crippen MR) is 67.3 cm³/mol. The summed E-state index contributed by atoms with van der Waals surface area (Å²) in [5.41, 5.74) is 7.03. The van der Waals surface area contributed by atoms with Crippen LogP contribution in [-0.2, 0) is 0 Å². The van der Waals surface area contributed by atoms with Gasteiger partial charge >= 0.3 is 0 Å². The lowest BCUT2D eigenvalue weighted by molar-refractivity contribution is 0.258. The maximum atomic E-state index is 5.92. The average Bonchev–Trinajstić information content (AvgIpc) is 2.74. The summed E-state index contributed by atoms with van der Waals surface area (Å²) in [6.07, 6.45) is 3.75. The van der Waals surface area contributed by atoms with Crippen LogP contribution in [0.25, 0.3) is 0 Å². The van der Waals surface area contributed by atoms with Gasteiger partial charge < -0.3 is 15.2 Å². The molecular formula is C12H24N4. The topological polar surface area (TPSA) is 47.1 Å². The molecule has 4 nitrogen and oxygen atoms in total. The molecule has 92 valence electrons. The molecule has 0 aliphatic rings. The van der Waals surface area contributed by atoms with Crippen LogP contribution < -0.4 is 5.73 Å². The normalized spacial score (nSPS) is 15.4. The summed E-state index contributed by atoms with van der Waals surface area (Å²) < 4.78 is 2.18. The first kappa shape index (κ1) is 13.2. The second kappa shape index (κ2) is 6.01. The van der Waals surface area contributed by atoms with E-state index >= 15 is 0 Å². The second-order valence-electron chi connectivity index (χ2n) is 4.35. The summed E-state index contributed by atoms with van der Waals surface area (Å²) in [5, 5.41) is 0. The highest BCUT2D eigenvalue weighted by atomic mass is 15.2. The Morgan fingerprint density at radius 3 is 2.50 bits per heavy atom. The summed E-state index contributed by atoms with van der Waals surface area (Å²) in [6.45, 7) is 11.8. The van der Waals surface area contributed by atoms with E-state index in [0.717, 1.165) is 25.3 Å². The molecule has 1 heterocycles. The van der Waals surface area contributed by atoms with Crippen molar-refractivity contribution in [3.05, 3.63) is 18.2 Å². The Hall–Kier alpha value is -0.870. The molecule has 0 amide bonds. The van der Waals surface area contributed by atoms with Gasteiger partial charge in [0.1, 0.15) is 0 Å². The first-order valence-electron chi connectivity index (χ1n) is 6.09. The van der Waals surface area contributed by atoms with Gasteiger partial charge in [0.2, 0.25) is 0 Å². The van der Waals surface area contributed by atoms with Gasteiger partial charge in [0, 0.05) is 24.8 Å². The van der Waals surface area contributed by atoms with Gasteiger partial charge in [-0.3, -0.25) is 0 Å². The standard InChI is InChI=1S/C12H24N4/c1-5-15(6-2)8-10(3)16-9-14-7-12(16)11(4)13/h7,9-11H,5-6,8,13H2,1-4H3. The van der Waals surface area contributed by atoms with Crippen molar-refractivity contribution in [2.75, 3.05) is 19.6 Å². The third-order valence-corrected chi connectivity index (χ3v) is 3.05. The van der Waals surface area contributed by atoms with Crippen LogP contribution in [0.2, 0.25) is 0 Å². The molecular weight excluding hydrogens is 200 g/mol. The SMILES string of the molecule is CCN(CC)CC(C)n1cncc1C(C)N. The summed E-state index contributed by atoms with van der Waals surface area (Å²) in [5.74, 6) is 0. The Morgan fingerprint density at radius 2 is 2.00 bits per heavy atom. The van der Waals surface area contributed by atoms with Crippen LogP contribution in [-0.4, -0.2) is 34.1 Å². The van der Waals surface area contributed by atoms with Crippen LogP contribution >= 0.6 is 0 Å². The molecule has 16 heavy (non-hydrogen) atoms. The summed E-state index contributed by atoms with van der Waals surface area (Å²) in [7, 11) is 0. The number of nitrogens with two attached hydrogens (primary N) is 1. The van der Waals surface area contributed by atoms with Gasteiger partial charge in [-0.25, -0.2) is 4.98 Å². The molecule has 1 aromatic rings. The predicted octanol–water partition coefficient (Wildman–Crippen LogP) is 1.81. The third kappa shape index (κ3) is 3.06. The van der Waals surface area contributed by atoms with E-state index in [-0.39, 0.29) is 6.04 Å². The fraction of sp³-hybridized carbons (Fsp3) is 0.750. The maximum Gasteiger partial charge on any atom is 0.0951 e. The number of hydrogen-bond acceptors (Lipinski definition) is 3. The first-order valence-corrected chi connectivity index (χ1v) is 6.09. The molecule has 0 fully saturated rings. The monoisotopic (exact) mass is 224 g/mol. The number of imidazole rings is 1. The number of hydrogen-bond donors (Lipinski definition) is 1. The third-order valence-electron chi connectivity index (χ3n) is 3.05. The molecule has 2 N–H and O–H groups in total. The van der Waals surface area contributed by atoms with E-state index in [9.17, 15) is 0 Å².